The molecule has 0 unspecified atom stereocenters. The third kappa shape index (κ3) is 5.51. The molecule has 0 bridgehead atoms. The normalized spacial score (nSPS) is 11.2. The summed E-state index contributed by atoms with van der Waals surface area (Å²) in [7, 11) is -2.04. The molecular formula is C24H26N2O4S. The molecule has 3 aromatic rings. The minimum absolute atomic E-state index is 0.0598. The molecule has 0 aliphatic rings. The summed E-state index contributed by atoms with van der Waals surface area (Å²) in [4.78, 5) is 13.0. The van der Waals surface area contributed by atoms with Crippen LogP contribution in [0.3, 0.4) is 0 Å². The lowest BCUT2D eigenvalue weighted by molar-refractivity contribution is 0.102. The fourth-order valence-corrected chi connectivity index (χ4v) is 4.36. The molecule has 0 saturated carbocycles. The average molecular weight is 439 g/mol. The average Bonchev–Trinajstić information content (AvgIpc) is 2.75. The first-order chi connectivity index (χ1) is 14.8. The van der Waals surface area contributed by atoms with Gasteiger partial charge in [0.2, 0.25) is 10.0 Å². The summed E-state index contributed by atoms with van der Waals surface area (Å²) in [6, 6.07) is 20.0. The molecule has 0 spiro atoms. The third-order valence-electron chi connectivity index (χ3n) is 4.87. The number of methoxy groups -OCH3 is 1. The van der Waals surface area contributed by atoms with E-state index in [0.29, 0.717) is 23.2 Å². The van der Waals surface area contributed by atoms with Gasteiger partial charge in [0.15, 0.2) is 0 Å². The largest absolute Gasteiger partial charge is 0.496 e. The molecule has 0 aliphatic carbocycles. The molecule has 0 atom stereocenters. The van der Waals surface area contributed by atoms with Crippen molar-refractivity contribution in [1.82, 2.24) is 4.72 Å². The SMILES string of the molecule is CCNS(=O)(=O)c1ccc(C)c(C(=O)Nc2ccc(OC)c(Cc3ccccc3)c2)c1. The number of aryl methyl sites for hydroxylation is 1. The minimum atomic E-state index is -3.65. The fraction of sp³-hybridized carbons (Fsp3) is 0.208. The molecule has 162 valence electrons. The highest BCUT2D eigenvalue weighted by atomic mass is 32.2. The smallest absolute Gasteiger partial charge is 0.255 e. The number of amides is 1. The monoisotopic (exact) mass is 438 g/mol. The fourth-order valence-electron chi connectivity index (χ4n) is 3.29. The standard InChI is InChI=1S/C24H26N2O4S/c1-4-25-31(28,29)21-12-10-17(2)22(16-21)24(27)26-20-11-13-23(30-3)19(15-20)14-18-8-6-5-7-9-18/h5-13,15-16,25H,4,14H2,1-3H3,(H,26,27). The van der Waals surface area contributed by atoms with E-state index in [1.54, 1.807) is 33.1 Å². The van der Waals surface area contributed by atoms with Gasteiger partial charge in [-0.3, -0.25) is 4.79 Å². The van der Waals surface area contributed by atoms with Gasteiger partial charge in [0.05, 0.1) is 12.0 Å². The van der Waals surface area contributed by atoms with Crippen molar-refractivity contribution < 1.29 is 17.9 Å². The van der Waals surface area contributed by atoms with Gasteiger partial charge < -0.3 is 10.1 Å². The van der Waals surface area contributed by atoms with Crippen molar-refractivity contribution >= 4 is 21.6 Å². The van der Waals surface area contributed by atoms with E-state index in [0.717, 1.165) is 16.9 Å². The van der Waals surface area contributed by atoms with Gasteiger partial charge >= 0.3 is 0 Å². The Bertz CT molecular complexity index is 1180. The van der Waals surface area contributed by atoms with Crippen molar-refractivity contribution in [2.24, 2.45) is 0 Å². The van der Waals surface area contributed by atoms with E-state index in [1.165, 1.54) is 12.1 Å². The summed E-state index contributed by atoms with van der Waals surface area (Å²) < 4.78 is 32.5. The second-order valence-corrected chi connectivity index (χ2v) is 8.89. The van der Waals surface area contributed by atoms with Gasteiger partial charge in [0.25, 0.3) is 5.91 Å². The van der Waals surface area contributed by atoms with Gasteiger partial charge in [0, 0.05) is 29.8 Å². The van der Waals surface area contributed by atoms with Crippen LogP contribution < -0.4 is 14.8 Å². The van der Waals surface area contributed by atoms with Crippen molar-refractivity contribution in [3.8, 4) is 5.75 Å². The Balaban J connectivity index is 1.87. The van der Waals surface area contributed by atoms with Crippen molar-refractivity contribution in [3.63, 3.8) is 0 Å². The van der Waals surface area contributed by atoms with Crippen molar-refractivity contribution in [1.29, 1.82) is 0 Å². The van der Waals surface area contributed by atoms with Crippen molar-refractivity contribution in [2.75, 3.05) is 19.0 Å². The summed E-state index contributed by atoms with van der Waals surface area (Å²) in [5.41, 5.74) is 3.66. The Morgan fingerprint density at radius 1 is 1.00 bits per heavy atom. The molecule has 0 radical (unpaired) electrons. The summed E-state index contributed by atoms with van der Waals surface area (Å²) in [5, 5.41) is 2.88. The lowest BCUT2D eigenvalue weighted by atomic mass is 10.0. The molecule has 0 heterocycles. The maximum Gasteiger partial charge on any atom is 0.255 e. The third-order valence-corrected chi connectivity index (χ3v) is 6.42. The number of sulfonamides is 1. The van der Waals surface area contributed by atoms with E-state index >= 15 is 0 Å². The van der Waals surface area contributed by atoms with Crippen LogP contribution in [0, 0.1) is 6.92 Å². The number of rotatable bonds is 8. The van der Waals surface area contributed by atoms with Crippen LogP contribution in [0.25, 0.3) is 0 Å². The number of ether oxygens (including phenoxy) is 1. The molecule has 31 heavy (non-hydrogen) atoms. The summed E-state index contributed by atoms with van der Waals surface area (Å²) in [6.07, 6.45) is 0.656. The van der Waals surface area contributed by atoms with Crippen LogP contribution in [0.5, 0.6) is 5.75 Å². The van der Waals surface area contributed by atoms with E-state index in [4.69, 9.17) is 4.74 Å². The van der Waals surface area contributed by atoms with Gasteiger partial charge in [-0.05, 0) is 48.4 Å². The van der Waals surface area contributed by atoms with E-state index in [-0.39, 0.29) is 17.3 Å². The highest BCUT2D eigenvalue weighted by Crippen LogP contribution is 2.26. The first kappa shape index (κ1) is 22.5. The Morgan fingerprint density at radius 2 is 1.74 bits per heavy atom. The van der Waals surface area contributed by atoms with Crippen LogP contribution >= 0.6 is 0 Å². The summed E-state index contributed by atoms with van der Waals surface area (Å²) in [6.45, 7) is 3.75. The molecule has 3 aromatic carbocycles. The quantitative estimate of drug-likeness (QED) is 0.553. The van der Waals surface area contributed by atoms with E-state index in [9.17, 15) is 13.2 Å². The minimum Gasteiger partial charge on any atom is -0.496 e. The zero-order valence-corrected chi connectivity index (χ0v) is 18.6. The lowest BCUT2D eigenvalue weighted by Crippen LogP contribution is -2.24. The Hall–Kier alpha value is -3.16. The number of hydrogen-bond acceptors (Lipinski definition) is 4. The van der Waals surface area contributed by atoms with Gasteiger partial charge in [-0.2, -0.15) is 0 Å². The van der Waals surface area contributed by atoms with Gasteiger partial charge in [0.1, 0.15) is 5.75 Å². The predicted octanol–water partition coefficient (Wildman–Crippen LogP) is 4.14. The second-order valence-electron chi connectivity index (χ2n) is 7.12. The van der Waals surface area contributed by atoms with Crippen LogP contribution in [-0.4, -0.2) is 28.0 Å². The van der Waals surface area contributed by atoms with Gasteiger partial charge in [-0.25, -0.2) is 13.1 Å². The maximum absolute atomic E-state index is 12.9. The number of carbonyl (C=O) groups excluding carboxylic acids is 1. The summed E-state index contributed by atoms with van der Waals surface area (Å²) >= 11 is 0. The summed E-state index contributed by atoms with van der Waals surface area (Å²) in [5.74, 6) is 0.360. The molecule has 6 nitrogen and oxygen atoms in total. The first-order valence-electron chi connectivity index (χ1n) is 9.96. The van der Waals surface area contributed by atoms with Crippen LogP contribution in [-0.2, 0) is 16.4 Å². The molecule has 1 amide bonds. The van der Waals surface area contributed by atoms with E-state index in [2.05, 4.69) is 10.0 Å². The molecule has 0 saturated heterocycles. The Labute approximate surface area is 183 Å². The number of hydrogen-bond donors (Lipinski definition) is 2. The predicted molar refractivity (Wildman–Crippen MR) is 122 cm³/mol. The lowest BCUT2D eigenvalue weighted by Gasteiger charge is -2.13. The first-order valence-corrected chi connectivity index (χ1v) is 11.4. The highest BCUT2D eigenvalue weighted by molar-refractivity contribution is 7.89. The van der Waals surface area contributed by atoms with Crippen LogP contribution in [0.2, 0.25) is 0 Å². The second kappa shape index (κ2) is 9.76. The molecular weight excluding hydrogens is 412 g/mol. The van der Waals surface area contributed by atoms with Crippen molar-refractivity contribution in [3.05, 3.63) is 89.0 Å². The topological polar surface area (TPSA) is 84.5 Å². The van der Waals surface area contributed by atoms with Crippen LogP contribution in [0.15, 0.2) is 71.6 Å². The zero-order chi connectivity index (χ0) is 22.4. The Kier molecular flexibility index (Phi) is 7.09. The molecule has 0 aromatic heterocycles. The van der Waals surface area contributed by atoms with E-state index < -0.39 is 10.0 Å². The maximum atomic E-state index is 12.9. The molecule has 3 rings (SSSR count). The number of anilines is 1. The molecule has 7 heteroatoms. The van der Waals surface area contributed by atoms with Crippen LogP contribution in [0.1, 0.15) is 34.0 Å². The zero-order valence-electron chi connectivity index (χ0n) is 17.8. The van der Waals surface area contributed by atoms with Gasteiger partial charge in [-0.1, -0.05) is 43.3 Å². The van der Waals surface area contributed by atoms with Crippen LogP contribution in [0.4, 0.5) is 5.69 Å². The van der Waals surface area contributed by atoms with Gasteiger partial charge in [-0.15, -0.1) is 0 Å². The number of carbonyl (C=O) groups is 1. The highest BCUT2D eigenvalue weighted by Gasteiger charge is 2.18. The van der Waals surface area contributed by atoms with E-state index in [1.807, 2.05) is 42.5 Å². The molecule has 0 aliphatic heterocycles. The number of benzene rings is 3. The van der Waals surface area contributed by atoms with Crippen molar-refractivity contribution in [2.45, 2.75) is 25.2 Å². The number of nitrogens with one attached hydrogen (secondary N) is 2. The Morgan fingerprint density at radius 3 is 2.42 bits per heavy atom. The molecule has 0 fully saturated rings. The molecule has 2 N–H and O–H groups in total.